The molecule has 0 bridgehead atoms. The molecule has 62 heavy (non-hydrogen) atoms. The van der Waals surface area contributed by atoms with Crippen LogP contribution in [0.1, 0.15) is 109 Å². The van der Waals surface area contributed by atoms with Gasteiger partial charge in [0.1, 0.15) is 34.5 Å². The van der Waals surface area contributed by atoms with Crippen molar-refractivity contribution in [3.63, 3.8) is 0 Å². The monoisotopic (exact) mass is 830 g/mol. The second kappa shape index (κ2) is 18.8. The third-order valence-corrected chi connectivity index (χ3v) is 12.0. The number of Topliss-reactive ketones (excluding diaryl/α,β-unsaturated/α-hetero) is 2. The van der Waals surface area contributed by atoms with Crippen molar-refractivity contribution in [2.24, 2.45) is 0 Å². The molecule has 2 fully saturated rings. The van der Waals surface area contributed by atoms with Crippen LogP contribution in [0.3, 0.4) is 0 Å². The van der Waals surface area contributed by atoms with Gasteiger partial charge in [-0.1, -0.05) is 76.2 Å². The lowest BCUT2D eigenvalue weighted by molar-refractivity contribution is -0.106. The Morgan fingerprint density at radius 1 is 0.403 bits per heavy atom. The summed E-state index contributed by atoms with van der Waals surface area (Å²) in [5, 5.41) is 0. The van der Waals surface area contributed by atoms with Crippen LogP contribution in [0.25, 0.3) is 0 Å². The maximum atomic E-state index is 13.2. The van der Waals surface area contributed by atoms with E-state index < -0.39 is 11.6 Å². The molecule has 2 unspecified atom stereocenters. The average molecular weight is 831 g/mol. The molecule has 2 aliphatic rings. The molecule has 6 aromatic carbocycles. The molecular formula is C54H54O8. The third-order valence-electron chi connectivity index (χ3n) is 12.0. The van der Waals surface area contributed by atoms with Gasteiger partial charge in [-0.2, -0.15) is 0 Å². The summed E-state index contributed by atoms with van der Waals surface area (Å²) in [5.74, 6) is 2.86. The Morgan fingerprint density at radius 3 is 0.952 bits per heavy atom. The van der Waals surface area contributed by atoms with Crippen LogP contribution in [0.2, 0.25) is 0 Å². The smallest absolute Gasteiger partial charge is 0.233 e. The molecule has 2 heterocycles. The number of rotatable bonds is 15. The highest BCUT2D eigenvalue weighted by Crippen LogP contribution is 2.36. The van der Waals surface area contributed by atoms with Crippen LogP contribution >= 0.6 is 0 Å². The van der Waals surface area contributed by atoms with Crippen LogP contribution in [0.5, 0.6) is 34.5 Å². The van der Waals surface area contributed by atoms with Crippen LogP contribution in [0.15, 0.2) is 146 Å². The Kier molecular flexibility index (Phi) is 12.9. The largest absolute Gasteiger partial charge is 0.465 e. The molecule has 0 saturated carbocycles. The third kappa shape index (κ3) is 10.1. The van der Waals surface area contributed by atoms with Gasteiger partial charge in [0.25, 0.3) is 0 Å². The molecule has 2 atom stereocenters. The standard InChI is InChI=1S/C54H54O8/c1-53(2,41-19-31-47(32-20-41)61-49-9-5-7-35-57-49)39-15-27-45(28-16-39)59-43-23-11-37(12-24-43)51(55)52(56)38-13-25-44(26-14-38)60-46-29-17-40(18-30-46)54(3,4)42-21-33-48(34-22-42)62-50-10-6-8-36-58-50/h11-34,49-50H,5-10,35-36H2,1-4H3. The van der Waals surface area contributed by atoms with Gasteiger partial charge in [-0.25, -0.2) is 0 Å². The summed E-state index contributed by atoms with van der Waals surface area (Å²) in [4.78, 5) is 26.4. The van der Waals surface area contributed by atoms with Gasteiger partial charge in [0.15, 0.2) is 12.6 Å². The predicted octanol–water partition coefficient (Wildman–Crippen LogP) is 12.8. The quantitative estimate of drug-likeness (QED) is 0.0747. The fourth-order valence-electron chi connectivity index (χ4n) is 7.91. The van der Waals surface area contributed by atoms with Gasteiger partial charge in [-0.05, 0) is 145 Å². The van der Waals surface area contributed by atoms with Crippen molar-refractivity contribution in [1.29, 1.82) is 0 Å². The minimum Gasteiger partial charge on any atom is -0.465 e. The Hall–Kier alpha value is -6.22. The van der Waals surface area contributed by atoms with E-state index >= 15 is 0 Å². The van der Waals surface area contributed by atoms with Crippen molar-refractivity contribution in [2.75, 3.05) is 13.2 Å². The van der Waals surface area contributed by atoms with E-state index in [-0.39, 0.29) is 34.5 Å². The molecule has 2 saturated heterocycles. The maximum Gasteiger partial charge on any atom is 0.233 e. The van der Waals surface area contributed by atoms with Gasteiger partial charge in [-0.15, -0.1) is 0 Å². The predicted molar refractivity (Wildman–Crippen MR) is 240 cm³/mol. The molecule has 8 rings (SSSR count). The van der Waals surface area contributed by atoms with Crippen molar-refractivity contribution in [1.82, 2.24) is 0 Å². The minimum absolute atomic E-state index is 0.172. The molecular weight excluding hydrogens is 777 g/mol. The Bertz CT molecular complexity index is 2230. The summed E-state index contributed by atoms with van der Waals surface area (Å²) < 4.78 is 35.7. The molecule has 318 valence electrons. The topological polar surface area (TPSA) is 89.5 Å². The van der Waals surface area contributed by atoms with Crippen molar-refractivity contribution < 1.29 is 38.0 Å². The van der Waals surface area contributed by atoms with Crippen LogP contribution in [-0.4, -0.2) is 37.4 Å². The van der Waals surface area contributed by atoms with Crippen molar-refractivity contribution >= 4 is 11.6 Å². The average Bonchev–Trinajstić information content (AvgIpc) is 3.30. The second-order valence-corrected chi connectivity index (χ2v) is 17.1. The molecule has 0 spiro atoms. The van der Waals surface area contributed by atoms with Gasteiger partial charge >= 0.3 is 0 Å². The van der Waals surface area contributed by atoms with Crippen molar-refractivity contribution in [3.05, 3.63) is 179 Å². The zero-order valence-corrected chi connectivity index (χ0v) is 35.9. The van der Waals surface area contributed by atoms with Gasteiger partial charge in [-0.3, -0.25) is 9.59 Å². The summed E-state index contributed by atoms with van der Waals surface area (Å²) >= 11 is 0. The van der Waals surface area contributed by atoms with Gasteiger partial charge in [0.05, 0.1) is 13.2 Å². The fourth-order valence-corrected chi connectivity index (χ4v) is 7.91. The molecule has 0 aromatic heterocycles. The molecule has 0 N–H and O–H groups in total. The van der Waals surface area contributed by atoms with E-state index in [0.29, 0.717) is 23.0 Å². The highest BCUT2D eigenvalue weighted by Gasteiger charge is 2.26. The van der Waals surface area contributed by atoms with Crippen LogP contribution in [0, 0.1) is 0 Å². The first-order valence-electron chi connectivity index (χ1n) is 21.6. The highest BCUT2D eigenvalue weighted by atomic mass is 16.7. The lowest BCUT2D eigenvalue weighted by Gasteiger charge is -2.27. The lowest BCUT2D eigenvalue weighted by Crippen LogP contribution is -2.25. The number of hydrogen-bond donors (Lipinski definition) is 0. The molecule has 2 aliphatic heterocycles. The Balaban J connectivity index is 0.821. The fraction of sp³-hybridized carbons (Fsp3) is 0.296. The molecule has 0 radical (unpaired) electrons. The molecule has 0 aliphatic carbocycles. The summed E-state index contributed by atoms with van der Waals surface area (Å²) in [5.41, 5.74) is 4.67. The van der Waals surface area contributed by atoms with E-state index in [1.165, 1.54) is 11.1 Å². The minimum atomic E-state index is -0.600. The summed E-state index contributed by atoms with van der Waals surface area (Å²) in [6, 6.07) is 45.7. The molecule has 8 nitrogen and oxygen atoms in total. The van der Waals surface area contributed by atoms with E-state index in [0.717, 1.165) is 74.4 Å². The zero-order valence-electron chi connectivity index (χ0n) is 35.9. The molecule has 0 amide bonds. The summed E-state index contributed by atoms with van der Waals surface area (Å²) in [6.45, 7) is 10.3. The van der Waals surface area contributed by atoms with Crippen molar-refractivity contribution in [2.45, 2.75) is 89.6 Å². The van der Waals surface area contributed by atoms with Gasteiger partial charge in [0, 0.05) is 34.8 Å². The lowest BCUT2D eigenvalue weighted by atomic mass is 9.78. The van der Waals surface area contributed by atoms with E-state index in [9.17, 15) is 9.59 Å². The second-order valence-electron chi connectivity index (χ2n) is 17.1. The number of benzene rings is 6. The first-order chi connectivity index (χ1) is 30.0. The van der Waals surface area contributed by atoms with Gasteiger partial charge < -0.3 is 28.4 Å². The number of ketones is 2. The zero-order chi connectivity index (χ0) is 43.1. The van der Waals surface area contributed by atoms with Crippen LogP contribution in [0.4, 0.5) is 0 Å². The van der Waals surface area contributed by atoms with Crippen LogP contribution < -0.4 is 18.9 Å². The van der Waals surface area contributed by atoms with Crippen LogP contribution in [-0.2, 0) is 20.3 Å². The van der Waals surface area contributed by atoms with E-state index in [1.54, 1.807) is 48.5 Å². The number of carbonyl (C=O) groups is 2. The van der Waals surface area contributed by atoms with E-state index in [2.05, 4.69) is 76.2 Å². The summed E-state index contributed by atoms with van der Waals surface area (Å²) in [7, 11) is 0. The molecule has 6 aromatic rings. The SMILES string of the molecule is CC(C)(c1ccc(Oc2ccc(C(=O)C(=O)c3ccc(Oc4ccc(C(C)(C)c5ccc(OC6CCCCO6)cc5)cc4)cc3)cc2)cc1)c1ccc(OC2CCCCO2)cc1. The van der Waals surface area contributed by atoms with E-state index in [1.807, 2.05) is 48.5 Å². The first-order valence-corrected chi connectivity index (χ1v) is 21.6. The summed E-state index contributed by atoms with van der Waals surface area (Å²) in [6.07, 6.45) is 5.91. The number of ether oxygens (including phenoxy) is 6. The maximum absolute atomic E-state index is 13.2. The highest BCUT2D eigenvalue weighted by molar-refractivity contribution is 6.49. The Labute approximate surface area is 364 Å². The number of carbonyl (C=O) groups excluding carboxylic acids is 2. The molecule has 8 heteroatoms. The van der Waals surface area contributed by atoms with Crippen molar-refractivity contribution in [3.8, 4) is 34.5 Å². The van der Waals surface area contributed by atoms with Gasteiger partial charge in [0.2, 0.25) is 11.6 Å². The normalized spacial score (nSPS) is 16.8. The first kappa shape index (κ1) is 42.5. The van der Waals surface area contributed by atoms with E-state index in [4.69, 9.17) is 28.4 Å². The Morgan fingerprint density at radius 2 is 0.677 bits per heavy atom. The number of hydrogen-bond acceptors (Lipinski definition) is 8.